The molecular formula is C23H20F4N2O4. The zero-order chi connectivity index (χ0) is 24.4. The molecule has 1 aromatic heterocycles. The Labute approximate surface area is 186 Å². The summed E-state index contributed by atoms with van der Waals surface area (Å²) in [4.78, 5) is 28.3. The molecule has 2 aromatic carbocycles. The smallest absolute Gasteiger partial charge is 0.417 e. The molecule has 6 nitrogen and oxygen atoms in total. The first kappa shape index (κ1) is 24.0. The highest BCUT2D eigenvalue weighted by molar-refractivity contribution is 6.05. The predicted octanol–water partition coefficient (Wildman–Crippen LogP) is 4.95. The number of carboxylic acids is 1. The molecule has 174 valence electrons. The molecule has 0 saturated heterocycles. The molecule has 2 N–H and O–H groups in total. The van der Waals surface area contributed by atoms with Crippen LogP contribution in [0.15, 0.2) is 48.7 Å². The average Bonchev–Trinajstić information content (AvgIpc) is 2.77. The number of carbonyl (C=O) groups is 2. The maximum absolute atomic E-state index is 14.7. The van der Waals surface area contributed by atoms with Crippen molar-refractivity contribution in [2.75, 3.05) is 0 Å². The number of alkyl halides is 3. The topological polar surface area (TPSA) is 88.5 Å². The van der Waals surface area contributed by atoms with E-state index in [-0.39, 0.29) is 40.8 Å². The lowest BCUT2D eigenvalue weighted by atomic mass is 9.97. The maximum Gasteiger partial charge on any atom is 0.417 e. The number of carbonyl (C=O) groups excluding carboxylic acids is 1. The number of pyridine rings is 1. The third-order valence-corrected chi connectivity index (χ3v) is 5.27. The Kier molecular flexibility index (Phi) is 6.57. The summed E-state index contributed by atoms with van der Waals surface area (Å²) in [6, 6.07) is 9.09. The van der Waals surface area contributed by atoms with Crippen molar-refractivity contribution in [2.24, 2.45) is 0 Å². The van der Waals surface area contributed by atoms with Gasteiger partial charge in [0, 0.05) is 17.0 Å². The van der Waals surface area contributed by atoms with Crippen LogP contribution in [0.1, 0.15) is 41.9 Å². The summed E-state index contributed by atoms with van der Waals surface area (Å²) >= 11 is 0. The van der Waals surface area contributed by atoms with Gasteiger partial charge in [0.1, 0.15) is 23.7 Å². The Morgan fingerprint density at radius 3 is 2.33 bits per heavy atom. The first-order chi connectivity index (χ1) is 15.5. The standard InChI is InChI=1S/C23H20F4N2O4/c1-3-22(2,21(31)32)29-20(30)17-10-18(24)15-6-4-5-7-16(15)19(17)33-12-14-9-8-13(11-28-14)23(25,26)27/h4-11H,3,12H2,1-2H3,(H,29,30)(H,31,32)/t22-/m0/s1. The van der Waals surface area contributed by atoms with Crippen LogP contribution in [0.3, 0.4) is 0 Å². The van der Waals surface area contributed by atoms with Crippen molar-refractivity contribution < 1.29 is 37.0 Å². The molecule has 1 amide bonds. The molecule has 0 fully saturated rings. The number of fused-ring (bicyclic) bond motifs is 1. The van der Waals surface area contributed by atoms with Gasteiger partial charge in [0.05, 0.1) is 16.8 Å². The fraction of sp³-hybridized carbons (Fsp3) is 0.261. The number of rotatable bonds is 7. The SMILES string of the molecule is CC[C@](C)(NC(=O)c1cc(F)c2ccccc2c1OCc1ccc(C(F)(F)F)cn1)C(=O)O. The number of nitrogens with one attached hydrogen (secondary N) is 1. The van der Waals surface area contributed by atoms with Gasteiger partial charge in [-0.1, -0.05) is 31.2 Å². The Hall–Kier alpha value is -3.69. The molecular weight excluding hydrogens is 444 g/mol. The number of amides is 1. The minimum Gasteiger partial charge on any atom is -0.486 e. The van der Waals surface area contributed by atoms with E-state index in [1.165, 1.54) is 19.1 Å². The largest absolute Gasteiger partial charge is 0.486 e. The first-order valence-electron chi connectivity index (χ1n) is 9.88. The van der Waals surface area contributed by atoms with Crippen molar-refractivity contribution in [1.29, 1.82) is 0 Å². The second-order valence-corrected chi connectivity index (χ2v) is 7.55. The Balaban J connectivity index is 1.99. The number of halogens is 4. The van der Waals surface area contributed by atoms with E-state index in [1.54, 1.807) is 19.1 Å². The number of hydrogen-bond acceptors (Lipinski definition) is 4. The number of carboxylic acid groups (broad SMARTS) is 1. The molecule has 0 aliphatic carbocycles. The van der Waals surface area contributed by atoms with Crippen LogP contribution in [0, 0.1) is 5.82 Å². The van der Waals surface area contributed by atoms with Gasteiger partial charge in [0.25, 0.3) is 5.91 Å². The van der Waals surface area contributed by atoms with Crippen molar-refractivity contribution >= 4 is 22.6 Å². The molecule has 3 rings (SSSR count). The molecule has 1 heterocycles. The molecule has 0 unspecified atom stereocenters. The van der Waals surface area contributed by atoms with Gasteiger partial charge in [-0.15, -0.1) is 0 Å². The number of aliphatic carboxylic acids is 1. The van der Waals surface area contributed by atoms with Gasteiger partial charge in [0.15, 0.2) is 0 Å². The van der Waals surface area contributed by atoms with Crippen molar-refractivity contribution in [3.05, 3.63) is 71.3 Å². The normalized spacial score (nSPS) is 13.4. The number of ether oxygens (including phenoxy) is 1. The highest BCUT2D eigenvalue weighted by atomic mass is 19.4. The van der Waals surface area contributed by atoms with E-state index in [4.69, 9.17) is 4.74 Å². The van der Waals surface area contributed by atoms with Crippen LogP contribution in [0.2, 0.25) is 0 Å². The van der Waals surface area contributed by atoms with E-state index >= 15 is 0 Å². The number of hydrogen-bond donors (Lipinski definition) is 2. The van der Waals surface area contributed by atoms with Crippen LogP contribution in [0.25, 0.3) is 10.8 Å². The molecule has 0 radical (unpaired) electrons. The highest BCUT2D eigenvalue weighted by Gasteiger charge is 2.34. The molecule has 0 bridgehead atoms. The van der Waals surface area contributed by atoms with Crippen molar-refractivity contribution in [3.63, 3.8) is 0 Å². The van der Waals surface area contributed by atoms with Gasteiger partial charge in [-0.25, -0.2) is 9.18 Å². The van der Waals surface area contributed by atoms with Gasteiger partial charge >= 0.3 is 12.1 Å². The van der Waals surface area contributed by atoms with Crippen LogP contribution < -0.4 is 10.1 Å². The number of benzene rings is 2. The predicted molar refractivity (Wildman–Crippen MR) is 111 cm³/mol. The fourth-order valence-electron chi connectivity index (χ4n) is 3.06. The Morgan fingerprint density at radius 2 is 1.79 bits per heavy atom. The summed E-state index contributed by atoms with van der Waals surface area (Å²) in [5.74, 6) is -2.91. The molecule has 0 aliphatic rings. The summed E-state index contributed by atoms with van der Waals surface area (Å²) in [6.45, 7) is 2.58. The quantitative estimate of drug-likeness (QED) is 0.483. The van der Waals surface area contributed by atoms with Gasteiger partial charge in [0.2, 0.25) is 0 Å². The van der Waals surface area contributed by atoms with Crippen LogP contribution in [0.4, 0.5) is 17.6 Å². The zero-order valence-electron chi connectivity index (χ0n) is 17.7. The zero-order valence-corrected chi connectivity index (χ0v) is 17.7. The Bertz CT molecular complexity index is 1200. The van der Waals surface area contributed by atoms with Gasteiger partial charge in [-0.3, -0.25) is 9.78 Å². The number of aromatic nitrogens is 1. The lowest BCUT2D eigenvalue weighted by Gasteiger charge is -2.25. The van der Waals surface area contributed by atoms with Crippen molar-refractivity contribution in [2.45, 2.75) is 38.6 Å². The van der Waals surface area contributed by atoms with Crippen LogP contribution in [0.5, 0.6) is 5.75 Å². The molecule has 10 heteroatoms. The van der Waals surface area contributed by atoms with Crippen molar-refractivity contribution in [3.8, 4) is 5.75 Å². The summed E-state index contributed by atoms with van der Waals surface area (Å²) in [5.41, 5.74) is -2.64. The second kappa shape index (κ2) is 9.05. The monoisotopic (exact) mass is 464 g/mol. The van der Waals surface area contributed by atoms with Gasteiger partial charge in [-0.05, 0) is 31.5 Å². The maximum atomic E-state index is 14.7. The third kappa shape index (κ3) is 5.05. The third-order valence-electron chi connectivity index (χ3n) is 5.27. The lowest BCUT2D eigenvalue weighted by molar-refractivity contribution is -0.144. The van der Waals surface area contributed by atoms with Gasteiger partial charge < -0.3 is 15.2 Å². The van der Waals surface area contributed by atoms with E-state index < -0.39 is 35.0 Å². The summed E-state index contributed by atoms with van der Waals surface area (Å²) in [7, 11) is 0. The molecule has 3 aromatic rings. The van der Waals surface area contributed by atoms with E-state index in [2.05, 4.69) is 10.3 Å². The van der Waals surface area contributed by atoms with Crippen molar-refractivity contribution in [1.82, 2.24) is 10.3 Å². The minimum absolute atomic E-state index is 0.0463. The van der Waals surface area contributed by atoms with Gasteiger partial charge in [-0.2, -0.15) is 13.2 Å². The van der Waals surface area contributed by atoms with Crippen LogP contribution in [-0.4, -0.2) is 27.5 Å². The molecule has 33 heavy (non-hydrogen) atoms. The lowest BCUT2D eigenvalue weighted by Crippen LogP contribution is -2.51. The van der Waals surface area contributed by atoms with E-state index in [0.29, 0.717) is 6.20 Å². The second-order valence-electron chi connectivity index (χ2n) is 7.55. The van der Waals surface area contributed by atoms with Crippen LogP contribution in [-0.2, 0) is 17.6 Å². The highest BCUT2D eigenvalue weighted by Crippen LogP contribution is 2.33. The van der Waals surface area contributed by atoms with E-state index in [9.17, 15) is 32.3 Å². The first-order valence-corrected chi connectivity index (χ1v) is 9.88. The van der Waals surface area contributed by atoms with Crippen LogP contribution >= 0.6 is 0 Å². The summed E-state index contributed by atoms with van der Waals surface area (Å²) in [5, 5.41) is 12.2. The Morgan fingerprint density at radius 1 is 1.12 bits per heavy atom. The summed E-state index contributed by atoms with van der Waals surface area (Å²) < 4.78 is 58.7. The molecule has 1 atom stereocenters. The molecule has 0 saturated carbocycles. The molecule has 0 spiro atoms. The summed E-state index contributed by atoms with van der Waals surface area (Å²) in [6.07, 6.45) is -3.81. The minimum atomic E-state index is -4.54. The molecule has 0 aliphatic heterocycles. The fourth-order valence-corrected chi connectivity index (χ4v) is 3.06. The average molecular weight is 464 g/mol. The van der Waals surface area contributed by atoms with E-state index in [1.807, 2.05) is 0 Å². The number of nitrogens with zero attached hydrogens (tertiary/aromatic N) is 1. The van der Waals surface area contributed by atoms with E-state index in [0.717, 1.165) is 18.2 Å².